The van der Waals surface area contributed by atoms with E-state index in [9.17, 15) is 87.5 Å². The lowest BCUT2D eigenvalue weighted by molar-refractivity contribution is -0.147. The van der Waals surface area contributed by atoms with Gasteiger partial charge in [-0.1, -0.05) is 54.4 Å². The molecule has 0 aromatic heterocycles. The van der Waals surface area contributed by atoms with Crippen molar-refractivity contribution in [3.63, 3.8) is 0 Å². The summed E-state index contributed by atoms with van der Waals surface area (Å²) < 4.78 is 0. The molecule has 0 aliphatic rings. The van der Waals surface area contributed by atoms with Gasteiger partial charge in [0.25, 0.3) is 0 Å². The maximum atomic E-state index is 14.2. The van der Waals surface area contributed by atoms with Crippen molar-refractivity contribution < 1.29 is 92.7 Å². The highest BCUT2D eigenvalue weighted by Gasteiger charge is 2.38. The van der Waals surface area contributed by atoms with Gasteiger partial charge in [-0.3, -0.25) is 67.3 Å². The number of nitrogens with two attached hydrogens (primary N) is 5. The van der Waals surface area contributed by atoms with Gasteiger partial charge < -0.3 is 113 Å². The van der Waals surface area contributed by atoms with Gasteiger partial charge in [-0.15, -0.1) is 0 Å². The summed E-state index contributed by atoms with van der Waals surface area (Å²) in [5.41, 5.74) is 28.2. The van der Waals surface area contributed by atoms with Crippen LogP contribution in [0.25, 0.3) is 0 Å². The van der Waals surface area contributed by atoms with E-state index in [0.717, 1.165) is 6.92 Å². The number of hydrogen-bond acceptors (Lipinski definition) is 21. The first-order chi connectivity index (χ1) is 44.6. The summed E-state index contributed by atoms with van der Waals surface area (Å²) >= 11 is 1.30. The fraction of sp³-hybridized carbons (Fsp3) is 0.741. The molecule has 0 bridgehead atoms. The maximum Gasteiger partial charge on any atom is 0.326 e. The number of nitrogens with zero attached hydrogens (tertiary/aromatic N) is 1. The van der Waals surface area contributed by atoms with E-state index in [1.165, 1.54) is 25.6 Å². The first-order valence-electron chi connectivity index (χ1n) is 31.5. The highest BCUT2D eigenvalue weighted by atomic mass is 32.2. The molecule has 0 saturated heterocycles. The number of guanidine groups is 1. The van der Waals surface area contributed by atoms with Gasteiger partial charge in [0.05, 0.1) is 31.7 Å². The molecule has 26 N–H and O–H groups in total. The van der Waals surface area contributed by atoms with Gasteiger partial charge in [-0.05, 0) is 114 Å². The summed E-state index contributed by atoms with van der Waals surface area (Å²) in [6.45, 7) is 9.60. The van der Waals surface area contributed by atoms with E-state index in [0.29, 0.717) is 38.6 Å². The fourth-order valence-electron chi connectivity index (χ4n) is 9.03. The van der Waals surface area contributed by atoms with Gasteiger partial charge in [0.2, 0.25) is 65.0 Å². The van der Waals surface area contributed by atoms with E-state index in [4.69, 9.17) is 33.8 Å². The number of aliphatic imine (C=N–C) groups is 1. The summed E-state index contributed by atoms with van der Waals surface area (Å²) in [5, 5.41) is 75.9. The third-order valence-electron chi connectivity index (χ3n) is 14.7. The number of aliphatic hydroxyl groups is 2. The van der Waals surface area contributed by atoms with Crippen molar-refractivity contribution >= 4 is 101 Å². The molecule has 0 aliphatic heterocycles. The van der Waals surface area contributed by atoms with Gasteiger partial charge in [0, 0.05) is 13.0 Å². The number of rotatable bonds is 50. The van der Waals surface area contributed by atoms with E-state index in [1.54, 1.807) is 34.0 Å². The first-order valence-corrected chi connectivity index (χ1v) is 32.9. The number of carboxylic acids is 3. The number of amides is 11. The standard InChI is InChI=1S/C58H105N17O19S/c1-9-31(6)45(55(91)69-34(16-11-13-22-60)48(84)65-27-41(78)66-39(57(93)94)26-43(81)82)74-51(87)37(20-24-95-8)70-54(90)44(30(4)5)73-56(92)46(32(7)77)75-53(89)40(28-76)72-49(85)35(17-14-23-64-58(62)63)67-50(86)36(18-19-42(79)80)68-52(88)38(25-29(2)3)71-47(83)33(61)15-10-12-21-59/h29-40,44-46,76-77H,9-28,59-61H2,1-8H3,(H,65,84)(H,66,78)(H,67,86)(H,68,88)(H,69,91)(H,70,90)(H,71,83)(H,72,85)(H,73,92)(H,74,87)(H,75,89)(H,79,80)(H,81,82)(H,93,94)(H4,62,63,64)/t31-,32+,33-,34-,35-,36-,37-,38-,39-,40-,44-,45-,46-/m0/s1. The Kier molecular flexibility index (Phi) is 43.0. The number of aliphatic carboxylic acids is 3. The third-order valence-corrected chi connectivity index (χ3v) is 15.3. The molecule has 0 rings (SSSR count). The average Bonchev–Trinajstić information content (AvgIpc) is 0.882. The summed E-state index contributed by atoms with van der Waals surface area (Å²) in [4.78, 5) is 190. The predicted molar refractivity (Wildman–Crippen MR) is 348 cm³/mol. The topological polar surface area (TPSA) is 615 Å². The first kappa shape index (κ1) is 87.0. The highest BCUT2D eigenvalue weighted by molar-refractivity contribution is 7.98. The van der Waals surface area contributed by atoms with Crippen LogP contribution in [0.4, 0.5) is 0 Å². The Hall–Kier alpha value is -8.00. The van der Waals surface area contributed by atoms with Crippen LogP contribution in [-0.2, 0) is 67.1 Å². The second-order valence-corrected chi connectivity index (χ2v) is 24.6. The van der Waals surface area contributed by atoms with Gasteiger partial charge in [-0.25, -0.2) is 4.79 Å². The molecule has 13 atom stereocenters. The number of thioether (sulfide) groups is 1. The molecule has 37 heteroatoms. The van der Waals surface area contributed by atoms with E-state index in [1.807, 2.05) is 5.32 Å². The van der Waals surface area contributed by atoms with Crippen LogP contribution >= 0.6 is 11.8 Å². The Morgan fingerprint density at radius 2 is 0.947 bits per heavy atom. The van der Waals surface area contributed by atoms with E-state index in [-0.39, 0.29) is 69.2 Å². The molecule has 0 radical (unpaired) electrons. The molecule has 542 valence electrons. The Balaban J connectivity index is 6.76. The Bertz CT molecular complexity index is 2560. The second kappa shape index (κ2) is 47.0. The minimum atomic E-state index is -1.91. The predicted octanol–water partition coefficient (Wildman–Crippen LogP) is -6.11. The van der Waals surface area contributed by atoms with Gasteiger partial charge in [0.1, 0.15) is 60.4 Å². The summed E-state index contributed by atoms with van der Waals surface area (Å²) in [6, 6.07) is -16.6. The van der Waals surface area contributed by atoms with Crippen LogP contribution < -0.4 is 87.2 Å². The molecular weight excluding hydrogens is 1270 g/mol. The zero-order chi connectivity index (χ0) is 72.7. The lowest BCUT2D eigenvalue weighted by atomic mass is 9.96. The molecule has 0 aromatic rings. The average molecular weight is 1380 g/mol. The van der Waals surface area contributed by atoms with Crippen molar-refractivity contribution in [2.45, 2.75) is 211 Å². The van der Waals surface area contributed by atoms with Crippen LogP contribution in [0.2, 0.25) is 0 Å². The van der Waals surface area contributed by atoms with E-state index in [2.05, 4.69) is 58.2 Å². The van der Waals surface area contributed by atoms with Crippen molar-refractivity contribution in [2.75, 3.05) is 44.8 Å². The highest BCUT2D eigenvalue weighted by Crippen LogP contribution is 2.15. The van der Waals surface area contributed by atoms with Crippen molar-refractivity contribution in [2.24, 2.45) is 51.4 Å². The monoisotopic (exact) mass is 1380 g/mol. The number of carbonyl (C=O) groups is 14. The van der Waals surface area contributed by atoms with Gasteiger partial charge in [-0.2, -0.15) is 11.8 Å². The van der Waals surface area contributed by atoms with E-state index >= 15 is 0 Å². The molecule has 11 amide bonds. The van der Waals surface area contributed by atoms with Crippen molar-refractivity contribution in [1.82, 2.24) is 58.5 Å². The van der Waals surface area contributed by atoms with Crippen LogP contribution in [0, 0.1) is 17.8 Å². The van der Waals surface area contributed by atoms with Crippen LogP contribution in [0.1, 0.15) is 138 Å². The number of unbranched alkanes of at least 4 members (excludes halogenated alkanes) is 2. The number of carboxylic acid groups (broad SMARTS) is 3. The molecular formula is C58H105N17O19S. The molecule has 0 fully saturated rings. The number of nitrogens with one attached hydrogen (secondary N) is 11. The molecule has 95 heavy (non-hydrogen) atoms. The summed E-state index contributed by atoms with van der Waals surface area (Å²) in [6.07, 6.45) is 0.0620. The molecule has 0 spiro atoms. The molecule has 0 heterocycles. The van der Waals surface area contributed by atoms with Gasteiger partial charge in [0.15, 0.2) is 5.96 Å². The number of hydrogen-bond donors (Lipinski definition) is 21. The maximum absolute atomic E-state index is 14.2. The SMILES string of the molecule is CC[C@H](C)[C@H](NC(=O)[C@H](CCSC)NC(=O)[C@@H](NC(=O)[C@@H](NC(=O)[C@H](CO)NC(=O)[C@H](CCCN=C(N)N)NC(=O)[C@H](CCC(=O)O)NC(=O)[C@H](CC(C)C)NC(=O)[C@@H](N)CCCCN)[C@@H](C)O)C(C)C)C(=O)N[C@@H](CCCCN)C(=O)NCC(=O)N[C@@H](CC(=O)O)C(=O)O. The minimum Gasteiger partial charge on any atom is -0.481 e. The van der Waals surface area contributed by atoms with Crippen LogP contribution in [0.3, 0.4) is 0 Å². The normalized spacial score (nSPS) is 15.3. The Morgan fingerprint density at radius 3 is 1.44 bits per heavy atom. The number of aliphatic hydroxyl groups excluding tert-OH is 2. The van der Waals surface area contributed by atoms with Crippen LogP contribution in [0.5, 0.6) is 0 Å². The molecule has 0 aromatic carbocycles. The quantitative estimate of drug-likeness (QED) is 0.0153. The van der Waals surface area contributed by atoms with Crippen LogP contribution in [-0.4, -0.2) is 232 Å². The Labute approximate surface area is 557 Å². The minimum absolute atomic E-state index is 0.00348. The lowest BCUT2D eigenvalue weighted by Crippen LogP contribution is -2.63. The van der Waals surface area contributed by atoms with Crippen molar-refractivity contribution in [3.05, 3.63) is 0 Å². The second-order valence-electron chi connectivity index (χ2n) is 23.6. The fourth-order valence-corrected chi connectivity index (χ4v) is 9.51. The summed E-state index contributed by atoms with van der Waals surface area (Å²) in [5.74, 6) is -16.8. The van der Waals surface area contributed by atoms with E-state index < -0.39 is 200 Å². The zero-order valence-electron chi connectivity index (χ0n) is 55.5. The molecule has 0 unspecified atom stereocenters. The van der Waals surface area contributed by atoms with Crippen molar-refractivity contribution in [1.29, 1.82) is 0 Å². The summed E-state index contributed by atoms with van der Waals surface area (Å²) in [7, 11) is 0. The molecule has 0 aliphatic carbocycles. The van der Waals surface area contributed by atoms with Crippen molar-refractivity contribution in [3.8, 4) is 0 Å². The molecule has 36 nitrogen and oxygen atoms in total. The number of carbonyl (C=O) groups excluding carboxylic acids is 11. The molecule has 0 saturated carbocycles. The Morgan fingerprint density at radius 1 is 0.495 bits per heavy atom. The zero-order valence-corrected chi connectivity index (χ0v) is 56.3. The lowest BCUT2D eigenvalue weighted by Gasteiger charge is -2.30. The van der Waals surface area contributed by atoms with Gasteiger partial charge >= 0.3 is 17.9 Å². The largest absolute Gasteiger partial charge is 0.481 e. The third kappa shape index (κ3) is 35.4. The van der Waals surface area contributed by atoms with Crippen LogP contribution in [0.15, 0.2) is 4.99 Å². The smallest absolute Gasteiger partial charge is 0.326 e.